The summed E-state index contributed by atoms with van der Waals surface area (Å²) in [6.07, 6.45) is 6.53. The molecule has 0 amide bonds. The van der Waals surface area contributed by atoms with Crippen LogP contribution in [-0.4, -0.2) is 17.9 Å². The highest BCUT2D eigenvalue weighted by Crippen LogP contribution is 2.66. The van der Waals surface area contributed by atoms with E-state index in [0.717, 1.165) is 44.1 Å². The minimum absolute atomic E-state index is 0.0654. The number of fused-ring (bicyclic) bond motifs is 4. The van der Waals surface area contributed by atoms with Crippen LogP contribution >= 0.6 is 23.2 Å². The minimum atomic E-state index is -0.859. The van der Waals surface area contributed by atoms with Gasteiger partial charge in [-0.25, -0.2) is 0 Å². The molecule has 2 aromatic carbocycles. The summed E-state index contributed by atoms with van der Waals surface area (Å²) in [6, 6.07) is 6.74. The van der Waals surface area contributed by atoms with Crippen molar-refractivity contribution in [1.29, 1.82) is 0 Å². The lowest BCUT2D eigenvalue weighted by Gasteiger charge is -2.52. The number of carbonyl (C=O) groups is 3. The molecular weight excluding hydrogens is 519 g/mol. The molecule has 1 heterocycles. The summed E-state index contributed by atoms with van der Waals surface area (Å²) in [5.74, 6) is -0.295. The molecule has 1 aliphatic heterocycles. The molecule has 7 nitrogen and oxygen atoms in total. The van der Waals surface area contributed by atoms with E-state index in [1.165, 1.54) is 26.8 Å². The van der Waals surface area contributed by atoms with Gasteiger partial charge in [0.2, 0.25) is 0 Å². The number of ether oxygens (including phenoxy) is 4. The van der Waals surface area contributed by atoms with Crippen molar-refractivity contribution in [3.05, 3.63) is 45.4 Å². The quantitative estimate of drug-likeness (QED) is 0.312. The first-order chi connectivity index (χ1) is 17.6. The van der Waals surface area contributed by atoms with E-state index in [1.807, 2.05) is 6.07 Å². The third kappa shape index (κ3) is 4.36. The molecule has 0 aromatic heterocycles. The van der Waals surface area contributed by atoms with Gasteiger partial charge in [-0.2, -0.15) is 0 Å². The maximum absolute atomic E-state index is 12.1. The number of hydrogen-bond donors (Lipinski definition) is 0. The molecule has 2 aliphatic carbocycles. The van der Waals surface area contributed by atoms with E-state index in [-0.39, 0.29) is 33.6 Å². The van der Waals surface area contributed by atoms with Crippen LogP contribution in [0.2, 0.25) is 10.0 Å². The molecule has 1 spiro atoms. The van der Waals surface area contributed by atoms with Crippen LogP contribution in [0.3, 0.4) is 0 Å². The van der Waals surface area contributed by atoms with E-state index in [1.54, 1.807) is 12.1 Å². The Morgan fingerprint density at radius 2 is 1.30 bits per heavy atom. The molecule has 2 saturated carbocycles. The van der Waals surface area contributed by atoms with Crippen molar-refractivity contribution in [3.63, 3.8) is 0 Å². The highest BCUT2D eigenvalue weighted by molar-refractivity contribution is 6.32. The number of benzene rings is 2. The van der Waals surface area contributed by atoms with Crippen LogP contribution in [-0.2, 0) is 25.4 Å². The second-order valence-corrected chi connectivity index (χ2v) is 11.0. The van der Waals surface area contributed by atoms with Gasteiger partial charge in [0, 0.05) is 55.4 Å². The topological polar surface area (TPSA) is 88.1 Å². The highest BCUT2D eigenvalue weighted by atomic mass is 35.5. The summed E-state index contributed by atoms with van der Waals surface area (Å²) in [7, 11) is 0. The molecule has 0 radical (unpaired) electrons. The van der Waals surface area contributed by atoms with Crippen molar-refractivity contribution in [3.8, 4) is 23.0 Å². The van der Waals surface area contributed by atoms with Gasteiger partial charge in [0.1, 0.15) is 17.1 Å². The molecule has 2 aromatic rings. The number of rotatable bonds is 4. The Kier molecular flexibility index (Phi) is 6.65. The third-order valence-corrected chi connectivity index (χ3v) is 8.47. The number of hydrogen-bond acceptors (Lipinski definition) is 7. The number of esters is 3. The average Bonchev–Trinajstić information content (AvgIpc) is 3.45. The van der Waals surface area contributed by atoms with Crippen molar-refractivity contribution < 1.29 is 33.3 Å². The molecule has 2 fully saturated rings. The van der Waals surface area contributed by atoms with E-state index in [9.17, 15) is 14.4 Å². The maximum atomic E-state index is 12.1. The van der Waals surface area contributed by atoms with E-state index < -0.39 is 23.5 Å². The van der Waals surface area contributed by atoms with Crippen molar-refractivity contribution in [2.45, 2.75) is 76.7 Å². The zero-order valence-electron chi connectivity index (χ0n) is 21.0. The fourth-order valence-corrected chi connectivity index (χ4v) is 7.19. The number of halogens is 2. The van der Waals surface area contributed by atoms with Gasteiger partial charge in [-0.1, -0.05) is 36.0 Å². The molecule has 0 saturated heterocycles. The van der Waals surface area contributed by atoms with E-state index >= 15 is 0 Å². The predicted molar refractivity (Wildman–Crippen MR) is 137 cm³/mol. The first-order valence-electron chi connectivity index (χ1n) is 12.5. The normalized spacial score (nSPS) is 23.1. The summed E-state index contributed by atoms with van der Waals surface area (Å²) >= 11 is 13.2. The second kappa shape index (κ2) is 9.52. The molecule has 9 heteroatoms. The van der Waals surface area contributed by atoms with E-state index in [2.05, 4.69) is 0 Å². The highest BCUT2D eigenvalue weighted by Gasteiger charge is 2.62. The summed E-state index contributed by atoms with van der Waals surface area (Å²) in [5, 5.41) is 0.580. The Balaban J connectivity index is 1.73. The lowest BCUT2D eigenvalue weighted by molar-refractivity contribution is -0.133. The van der Waals surface area contributed by atoms with Gasteiger partial charge in [-0.15, -0.1) is 0 Å². The van der Waals surface area contributed by atoms with Gasteiger partial charge in [0.25, 0.3) is 0 Å². The van der Waals surface area contributed by atoms with Gasteiger partial charge >= 0.3 is 17.9 Å². The molecule has 0 unspecified atom stereocenters. The molecule has 0 bridgehead atoms. The van der Waals surface area contributed by atoms with Gasteiger partial charge in [0.05, 0.1) is 10.0 Å². The van der Waals surface area contributed by atoms with Crippen molar-refractivity contribution in [2.75, 3.05) is 0 Å². The van der Waals surface area contributed by atoms with Crippen molar-refractivity contribution in [2.24, 2.45) is 5.92 Å². The Morgan fingerprint density at radius 1 is 0.757 bits per heavy atom. The predicted octanol–water partition coefficient (Wildman–Crippen LogP) is 6.67. The van der Waals surface area contributed by atoms with Gasteiger partial charge in [0.15, 0.2) is 11.5 Å². The average molecular weight is 547 g/mol. The second-order valence-electron chi connectivity index (χ2n) is 10.1. The number of carbonyl (C=O) groups excluding carboxylic acids is 3. The zero-order chi connectivity index (χ0) is 26.5. The van der Waals surface area contributed by atoms with Gasteiger partial charge in [-0.3, -0.25) is 14.4 Å². The smallest absolute Gasteiger partial charge is 0.308 e. The SMILES string of the molecule is CC(=O)Oc1cc2c(cc1Cl)C1(CCCC1)[C@@H]1CCC[C@]1(c1cc(Cl)c(OC(C)=O)cc1OC(C)=O)O2. The third-order valence-electron chi connectivity index (χ3n) is 7.88. The van der Waals surface area contributed by atoms with Crippen LogP contribution in [0.25, 0.3) is 0 Å². The Labute approximate surface area is 225 Å². The van der Waals surface area contributed by atoms with Gasteiger partial charge in [-0.05, 0) is 44.2 Å². The summed E-state index contributed by atoms with van der Waals surface area (Å²) in [4.78, 5) is 35.5. The Morgan fingerprint density at radius 3 is 1.89 bits per heavy atom. The molecule has 5 rings (SSSR count). The molecule has 196 valence electrons. The minimum Gasteiger partial charge on any atom is -0.482 e. The summed E-state index contributed by atoms with van der Waals surface area (Å²) in [6.45, 7) is 3.91. The van der Waals surface area contributed by atoms with Crippen LogP contribution < -0.4 is 18.9 Å². The van der Waals surface area contributed by atoms with Crippen LogP contribution in [0.15, 0.2) is 24.3 Å². The monoisotopic (exact) mass is 546 g/mol. The summed E-state index contributed by atoms with van der Waals surface area (Å²) in [5.41, 5.74) is 0.580. The standard InChI is InChI=1S/C28H28Cl2O7/c1-15(31)34-22-13-24(35-16(2)32)21(30)12-19(22)28-10-6-7-26(28)27(8-4-5-9-27)18-11-20(29)25(36-17(3)33)14-23(18)37-28/h11-14,26H,4-10H2,1-3H3/t26-,28+/m0/s1. The van der Waals surface area contributed by atoms with Crippen molar-refractivity contribution >= 4 is 41.1 Å². The van der Waals surface area contributed by atoms with E-state index in [4.69, 9.17) is 42.1 Å². The van der Waals surface area contributed by atoms with Crippen LogP contribution in [0, 0.1) is 5.92 Å². The van der Waals surface area contributed by atoms with Crippen LogP contribution in [0.5, 0.6) is 23.0 Å². The van der Waals surface area contributed by atoms with Gasteiger partial charge < -0.3 is 18.9 Å². The summed E-state index contributed by atoms with van der Waals surface area (Å²) < 4.78 is 23.2. The first-order valence-corrected chi connectivity index (χ1v) is 13.2. The fraction of sp³-hybridized carbons (Fsp3) is 0.464. The lowest BCUT2D eigenvalue weighted by atomic mass is 9.60. The van der Waals surface area contributed by atoms with Crippen LogP contribution in [0.4, 0.5) is 0 Å². The lowest BCUT2D eigenvalue weighted by Crippen LogP contribution is -2.51. The van der Waals surface area contributed by atoms with Crippen LogP contribution in [0.1, 0.15) is 76.8 Å². The van der Waals surface area contributed by atoms with Crippen molar-refractivity contribution in [1.82, 2.24) is 0 Å². The molecular formula is C28H28Cl2O7. The largest absolute Gasteiger partial charge is 0.482 e. The molecule has 3 aliphatic rings. The fourth-order valence-electron chi connectivity index (χ4n) is 6.79. The molecule has 37 heavy (non-hydrogen) atoms. The zero-order valence-corrected chi connectivity index (χ0v) is 22.5. The Hall–Kier alpha value is -2.77. The molecule has 0 N–H and O–H groups in total. The maximum Gasteiger partial charge on any atom is 0.308 e. The Bertz CT molecular complexity index is 1300. The first kappa shape index (κ1) is 25.9. The molecule has 2 atom stereocenters. The van der Waals surface area contributed by atoms with E-state index in [0.29, 0.717) is 22.8 Å².